The fourth-order valence-corrected chi connectivity index (χ4v) is 3.05. The number of hydrogen-bond acceptors (Lipinski definition) is 6. The minimum atomic E-state index is -0.632. The molecule has 2 saturated heterocycles. The summed E-state index contributed by atoms with van der Waals surface area (Å²) in [4.78, 5) is 12.5. The molecule has 4 atom stereocenters. The molecule has 0 aromatic heterocycles. The summed E-state index contributed by atoms with van der Waals surface area (Å²) in [6.45, 7) is 5.34. The largest absolute Gasteiger partial charge is 0.490 e. The van der Waals surface area contributed by atoms with E-state index >= 15 is 0 Å². The monoisotopic (exact) mass is 337 g/mol. The highest BCUT2D eigenvalue weighted by Gasteiger charge is 2.47. The lowest BCUT2D eigenvalue weighted by atomic mass is 10.1. The maximum Gasteiger partial charge on any atom is 0.251 e. The highest BCUT2D eigenvalue weighted by molar-refractivity contribution is 5.95. The molecule has 2 heterocycles. The van der Waals surface area contributed by atoms with Gasteiger partial charge < -0.3 is 29.4 Å². The molecule has 0 bridgehead atoms. The van der Waals surface area contributed by atoms with Crippen LogP contribution in [-0.2, 0) is 9.47 Å². The third-order valence-corrected chi connectivity index (χ3v) is 4.15. The molecule has 0 saturated carbocycles. The fourth-order valence-electron chi connectivity index (χ4n) is 3.05. The van der Waals surface area contributed by atoms with Crippen LogP contribution in [0.4, 0.5) is 0 Å². The SMILES string of the molecule is CCOc1ccc(C(=O)N[C@H]2CO[C@H]3[C@@H]2OC[C@@H]3O)cc1OCC. The topological polar surface area (TPSA) is 86.3 Å². The van der Waals surface area contributed by atoms with E-state index < -0.39 is 6.10 Å². The number of aliphatic hydroxyl groups is 1. The van der Waals surface area contributed by atoms with E-state index in [1.54, 1.807) is 18.2 Å². The minimum Gasteiger partial charge on any atom is -0.490 e. The number of carbonyl (C=O) groups is 1. The molecule has 7 heteroatoms. The minimum absolute atomic E-state index is 0.235. The first kappa shape index (κ1) is 17.0. The Morgan fingerprint density at radius 2 is 1.88 bits per heavy atom. The van der Waals surface area contributed by atoms with E-state index in [2.05, 4.69) is 5.32 Å². The predicted octanol–water partition coefficient (Wildman–Crippen LogP) is 0.741. The summed E-state index contributed by atoms with van der Waals surface area (Å²) < 4.78 is 22.1. The van der Waals surface area contributed by atoms with E-state index in [9.17, 15) is 9.90 Å². The van der Waals surface area contributed by atoms with Gasteiger partial charge >= 0.3 is 0 Å². The van der Waals surface area contributed by atoms with Crippen LogP contribution in [-0.4, -0.2) is 61.8 Å². The van der Waals surface area contributed by atoms with Crippen molar-refractivity contribution in [3.63, 3.8) is 0 Å². The van der Waals surface area contributed by atoms with Gasteiger partial charge in [0, 0.05) is 5.56 Å². The van der Waals surface area contributed by atoms with E-state index in [0.29, 0.717) is 36.9 Å². The smallest absolute Gasteiger partial charge is 0.251 e. The fraction of sp³-hybridized carbons (Fsp3) is 0.588. The standard InChI is InChI=1S/C17H23NO6/c1-3-21-13-6-5-10(7-14(13)22-4-2)17(20)18-11-8-23-16-12(19)9-24-15(11)16/h5-7,11-12,15-16,19H,3-4,8-9H2,1-2H3,(H,18,20)/t11-,12-,15+,16+/m0/s1. The second-order valence-electron chi connectivity index (χ2n) is 5.77. The number of aliphatic hydroxyl groups excluding tert-OH is 1. The molecule has 1 aromatic rings. The van der Waals surface area contributed by atoms with Crippen LogP contribution < -0.4 is 14.8 Å². The van der Waals surface area contributed by atoms with Gasteiger partial charge in [0.15, 0.2) is 11.5 Å². The zero-order valence-electron chi connectivity index (χ0n) is 13.9. The molecule has 1 amide bonds. The first-order valence-electron chi connectivity index (χ1n) is 8.25. The number of rotatable bonds is 6. The Morgan fingerprint density at radius 3 is 2.62 bits per heavy atom. The molecule has 24 heavy (non-hydrogen) atoms. The Labute approximate surface area is 140 Å². The van der Waals surface area contributed by atoms with Gasteiger partial charge in [-0.05, 0) is 32.0 Å². The molecule has 0 radical (unpaired) electrons. The van der Waals surface area contributed by atoms with E-state index in [-0.39, 0.29) is 30.8 Å². The quantitative estimate of drug-likeness (QED) is 0.796. The molecule has 2 fully saturated rings. The Kier molecular flexibility index (Phi) is 5.23. The highest BCUT2D eigenvalue weighted by atomic mass is 16.6. The van der Waals surface area contributed by atoms with E-state index in [1.165, 1.54) is 0 Å². The Balaban J connectivity index is 1.70. The van der Waals surface area contributed by atoms with Gasteiger partial charge in [0.1, 0.15) is 18.3 Å². The van der Waals surface area contributed by atoms with Crippen LogP contribution >= 0.6 is 0 Å². The first-order valence-corrected chi connectivity index (χ1v) is 8.25. The van der Waals surface area contributed by atoms with E-state index in [4.69, 9.17) is 18.9 Å². The van der Waals surface area contributed by atoms with Gasteiger partial charge in [0.05, 0.1) is 32.5 Å². The van der Waals surface area contributed by atoms with Crippen molar-refractivity contribution < 1.29 is 28.8 Å². The van der Waals surface area contributed by atoms with Gasteiger partial charge in [0.25, 0.3) is 5.91 Å². The normalized spacial score (nSPS) is 28.5. The third kappa shape index (κ3) is 3.33. The Morgan fingerprint density at radius 1 is 1.17 bits per heavy atom. The second-order valence-corrected chi connectivity index (χ2v) is 5.77. The average molecular weight is 337 g/mol. The average Bonchev–Trinajstić information content (AvgIpc) is 3.13. The molecule has 0 aliphatic carbocycles. The molecule has 1 aromatic carbocycles. The number of nitrogens with one attached hydrogen (secondary N) is 1. The van der Waals surface area contributed by atoms with Gasteiger partial charge in [-0.1, -0.05) is 0 Å². The molecule has 0 unspecified atom stereocenters. The number of hydrogen-bond donors (Lipinski definition) is 2. The summed E-state index contributed by atoms with van der Waals surface area (Å²) in [5, 5.41) is 12.7. The van der Waals surface area contributed by atoms with Crippen molar-refractivity contribution in [3.8, 4) is 11.5 Å². The van der Waals surface area contributed by atoms with Gasteiger partial charge in [-0.3, -0.25) is 4.79 Å². The summed E-state index contributed by atoms with van der Waals surface area (Å²) >= 11 is 0. The summed E-state index contributed by atoms with van der Waals surface area (Å²) in [5.74, 6) is 0.917. The van der Waals surface area contributed by atoms with Crippen molar-refractivity contribution in [3.05, 3.63) is 23.8 Å². The zero-order chi connectivity index (χ0) is 17.1. The summed E-state index contributed by atoms with van der Waals surface area (Å²) in [6, 6.07) is 4.82. The molecule has 2 aliphatic heterocycles. The van der Waals surface area contributed by atoms with Crippen LogP contribution in [0.1, 0.15) is 24.2 Å². The zero-order valence-corrected chi connectivity index (χ0v) is 13.9. The number of amides is 1. The molecule has 3 rings (SSSR count). The van der Waals surface area contributed by atoms with Crippen molar-refractivity contribution in [1.82, 2.24) is 5.32 Å². The summed E-state index contributed by atoms with van der Waals surface area (Å²) in [7, 11) is 0. The van der Waals surface area contributed by atoms with E-state index in [0.717, 1.165) is 0 Å². The molecule has 132 valence electrons. The van der Waals surface area contributed by atoms with Crippen molar-refractivity contribution in [2.75, 3.05) is 26.4 Å². The van der Waals surface area contributed by atoms with Crippen LogP contribution in [0, 0.1) is 0 Å². The molecule has 0 spiro atoms. The lowest BCUT2D eigenvalue weighted by Crippen LogP contribution is -2.44. The number of carbonyl (C=O) groups excluding carboxylic acids is 1. The number of fused-ring (bicyclic) bond motifs is 1. The van der Waals surface area contributed by atoms with Crippen molar-refractivity contribution >= 4 is 5.91 Å². The van der Waals surface area contributed by atoms with Crippen LogP contribution in [0.5, 0.6) is 11.5 Å². The predicted molar refractivity (Wildman–Crippen MR) is 85.5 cm³/mol. The lowest BCUT2D eigenvalue weighted by molar-refractivity contribution is 0.0178. The third-order valence-electron chi connectivity index (χ3n) is 4.15. The second kappa shape index (κ2) is 7.38. The maximum absolute atomic E-state index is 12.5. The van der Waals surface area contributed by atoms with Crippen LogP contribution in [0.2, 0.25) is 0 Å². The first-order chi connectivity index (χ1) is 11.6. The van der Waals surface area contributed by atoms with E-state index in [1.807, 2.05) is 13.8 Å². The van der Waals surface area contributed by atoms with Gasteiger partial charge in [-0.25, -0.2) is 0 Å². The van der Waals surface area contributed by atoms with Gasteiger partial charge in [0.2, 0.25) is 0 Å². The Hall–Kier alpha value is -1.83. The summed E-state index contributed by atoms with van der Waals surface area (Å²) in [6.07, 6.45) is -1.31. The number of ether oxygens (including phenoxy) is 4. The molecular formula is C17H23NO6. The number of benzene rings is 1. The van der Waals surface area contributed by atoms with Crippen LogP contribution in [0.3, 0.4) is 0 Å². The maximum atomic E-state index is 12.5. The van der Waals surface area contributed by atoms with Crippen LogP contribution in [0.25, 0.3) is 0 Å². The molecule has 7 nitrogen and oxygen atoms in total. The molecule has 2 N–H and O–H groups in total. The highest BCUT2D eigenvalue weighted by Crippen LogP contribution is 2.30. The Bertz CT molecular complexity index is 592. The van der Waals surface area contributed by atoms with Crippen molar-refractivity contribution in [1.29, 1.82) is 0 Å². The van der Waals surface area contributed by atoms with Gasteiger partial charge in [-0.15, -0.1) is 0 Å². The van der Waals surface area contributed by atoms with Crippen LogP contribution in [0.15, 0.2) is 18.2 Å². The summed E-state index contributed by atoms with van der Waals surface area (Å²) in [5.41, 5.74) is 0.476. The lowest BCUT2D eigenvalue weighted by Gasteiger charge is -2.18. The van der Waals surface area contributed by atoms with Gasteiger partial charge in [-0.2, -0.15) is 0 Å². The molecule has 2 aliphatic rings. The molecular weight excluding hydrogens is 314 g/mol. The van der Waals surface area contributed by atoms with Crippen molar-refractivity contribution in [2.45, 2.75) is 38.2 Å². The van der Waals surface area contributed by atoms with Crippen molar-refractivity contribution in [2.24, 2.45) is 0 Å².